The van der Waals surface area contributed by atoms with Crippen LogP contribution in [-0.2, 0) is 4.79 Å². The zero-order chi connectivity index (χ0) is 18.4. The molecule has 0 unspecified atom stereocenters. The van der Waals surface area contributed by atoms with Gasteiger partial charge in [-0.2, -0.15) is 4.98 Å². The average Bonchev–Trinajstić information content (AvgIpc) is 2.68. The van der Waals surface area contributed by atoms with Gasteiger partial charge < -0.3 is 15.1 Å². The first-order valence-corrected chi connectivity index (χ1v) is 8.97. The number of nitrogens with zero attached hydrogens (tertiary/aromatic N) is 4. The molecule has 0 aliphatic carbocycles. The number of rotatable bonds is 5. The van der Waals surface area contributed by atoms with E-state index in [9.17, 15) is 4.79 Å². The summed E-state index contributed by atoms with van der Waals surface area (Å²) in [6.07, 6.45) is 8.60. The predicted molar refractivity (Wildman–Crippen MR) is 107 cm³/mol. The summed E-state index contributed by atoms with van der Waals surface area (Å²) in [5.41, 5.74) is 1.59. The van der Waals surface area contributed by atoms with Gasteiger partial charge in [0.05, 0.1) is 6.20 Å². The fraction of sp³-hybridized carbons (Fsp3) is 0.350. The molecule has 136 valence electrons. The Hall–Kier alpha value is -2.89. The Morgan fingerprint density at radius 1 is 1.15 bits per heavy atom. The fourth-order valence-electron chi connectivity index (χ4n) is 2.95. The Labute approximate surface area is 154 Å². The second-order valence-electron chi connectivity index (χ2n) is 6.58. The van der Waals surface area contributed by atoms with Crippen LogP contribution in [-0.4, -0.2) is 43.1 Å². The van der Waals surface area contributed by atoms with Crippen LogP contribution in [0.5, 0.6) is 0 Å². The van der Waals surface area contributed by atoms with Crippen molar-refractivity contribution in [1.82, 2.24) is 9.97 Å². The molecular formula is C20H25N5O. The van der Waals surface area contributed by atoms with Gasteiger partial charge in [-0.1, -0.05) is 30.3 Å². The van der Waals surface area contributed by atoms with Gasteiger partial charge in [-0.25, -0.2) is 4.98 Å². The normalized spacial score (nSPS) is 14.5. The lowest BCUT2D eigenvalue weighted by atomic mass is 10.1. The van der Waals surface area contributed by atoms with Crippen molar-refractivity contribution >= 4 is 29.4 Å². The number of carbonyl (C=O) groups excluding carboxylic acids is 1. The van der Waals surface area contributed by atoms with E-state index in [0.717, 1.165) is 24.6 Å². The lowest BCUT2D eigenvalue weighted by molar-refractivity contribution is -0.111. The molecule has 1 aromatic carbocycles. The standard InChI is InChI=1S/C20H25N5O/c1-24(2)19-17(15-21-20(23-19)25-13-7-4-8-14-25)22-18(26)12-11-16-9-5-3-6-10-16/h3,5-6,9-12,15H,4,7-8,13-14H2,1-2H3,(H,22,26)/b12-11+. The molecule has 1 aliphatic rings. The quantitative estimate of drug-likeness (QED) is 0.839. The minimum Gasteiger partial charge on any atom is -0.361 e. The number of hydrogen-bond acceptors (Lipinski definition) is 5. The summed E-state index contributed by atoms with van der Waals surface area (Å²) in [7, 11) is 3.83. The number of hydrogen-bond donors (Lipinski definition) is 1. The number of anilines is 3. The van der Waals surface area contributed by atoms with Gasteiger partial charge in [0.1, 0.15) is 5.69 Å². The highest BCUT2D eigenvalue weighted by Gasteiger charge is 2.17. The topological polar surface area (TPSA) is 61.4 Å². The maximum atomic E-state index is 12.3. The van der Waals surface area contributed by atoms with Crippen molar-refractivity contribution in [3.8, 4) is 0 Å². The number of benzene rings is 1. The van der Waals surface area contributed by atoms with E-state index in [2.05, 4.69) is 20.2 Å². The molecule has 6 heteroatoms. The zero-order valence-corrected chi connectivity index (χ0v) is 15.4. The molecule has 3 rings (SSSR count). The number of piperidine rings is 1. The molecule has 1 saturated heterocycles. The molecular weight excluding hydrogens is 326 g/mol. The fourth-order valence-corrected chi connectivity index (χ4v) is 2.95. The summed E-state index contributed by atoms with van der Waals surface area (Å²) >= 11 is 0. The summed E-state index contributed by atoms with van der Waals surface area (Å²) < 4.78 is 0. The van der Waals surface area contributed by atoms with Crippen molar-refractivity contribution in [1.29, 1.82) is 0 Å². The van der Waals surface area contributed by atoms with Crippen LogP contribution in [0.15, 0.2) is 42.6 Å². The monoisotopic (exact) mass is 351 g/mol. The molecule has 2 aromatic rings. The Balaban J connectivity index is 1.74. The van der Waals surface area contributed by atoms with E-state index in [-0.39, 0.29) is 5.91 Å². The summed E-state index contributed by atoms with van der Waals surface area (Å²) in [6, 6.07) is 9.73. The first-order valence-electron chi connectivity index (χ1n) is 8.97. The van der Waals surface area contributed by atoms with Crippen LogP contribution < -0.4 is 15.1 Å². The minimum atomic E-state index is -0.203. The summed E-state index contributed by atoms with van der Waals surface area (Å²) in [4.78, 5) is 25.5. The summed E-state index contributed by atoms with van der Waals surface area (Å²) in [5.74, 6) is 1.24. The van der Waals surface area contributed by atoms with E-state index >= 15 is 0 Å². The molecule has 0 radical (unpaired) electrons. The third kappa shape index (κ3) is 4.59. The van der Waals surface area contributed by atoms with Crippen molar-refractivity contribution in [3.63, 3.8) is 0 Å². The Bertz CT molecular complexity index is 767. The first kappa shape index (κ1) is 17.9. The van der Waals surface area contributed by atoms with Crippen molar-refractivity contribution < 1.29 is 4.79 Å². The molecule has 1 aliphatic heterocycles. The van der Waals surface area contributed by atoms with Crippen molar-refractivity contribution in [2.75, 3.05) is 42.3 Å². The lowest BCUT2D eigenvalue weighted by Crippen LogP contribution is -2.31. The van der Waals surface area contributed by atoms with Crippen LogP contribution in [0.2, 0.25) is 0 Å². The van der Waals surface area contributed by atoms with Crippen LogP contribution in [0.3, 0.4) is 0 Å². The molecule has 1 N–H and O–H groups in total. The highest BCUT2D eigenvalue weighted by molar-refractivity contribution is 6.03. The van der Waals surface area contributed by atoms with E-state index in [0.29, 0.717) is 11.5 Å². The molecule has 6 nitrogen and oxygen atoms in total. The number of amides is 1. The second-order valence-corrected chi connectivity index (χ2v) is 6.58. The number of aromatic nitrogens is 2. The van der Waals surface area contributed by atoms with Crippen LogP contribution >= 0.6 is 0 Å². The highest BCUT2D eigenvalue weighted by atomic mass is 16.1. The van der Waals surface area contributed by atoms with Gasteiger partial charge in [0, 0.05) is 33.3 Å². The molecule has 1 fully saturated rings. The van der Waals surface area contributed by atoms with E-state index in [1.807, 2.05) is 49.3 Å². The SMILES string of the molecule is CN(C)c1nc(N2CCCCC2)ncc1NC(=O)/C=C/c1ccccc1. The Morgan fingerprint density at radius 3 is 2.58 bits per heavy atom. The third-order valence-corrected chi connectivity index (χ3v) is 4.30. The molecule has 0 bridgehead atoms. The van der Waals surface area contributed by atoms with Crippen LogP contribution in [0.4, 0.5) is 17.5 Å². The maximum absolute atomic E-state index is 12.3. The van der Waals surface area contributed by atoms with Gasteiger partial charge in [0.15, 0.2) is 5.82 Å². The van der Waals surface area contributed by atoms with Crippen molar-refractivity contribution in [2.24, 2.45) is 0 Å². The highest BCUT2D eigenvalue weighted by Crippen LogP contribution is 2.25. The lowest BCUT2D eigenvalue weighted by Gasteiger charge is -2.27. The summed E-state index contributed by atoms with van der Waals surface area (Å²) in [5, 5.41) is 2.88. The van der Waals surface area contributed by atoms with Crippen LogP contribution in [0.1, 0.15) is 24.8 Å². The minimum absolute atomic E-state index is 0.203. The zero-order valence-electron chi connectivity index (χ0n) is 15.4. The van der Waals surface area contributed by atoms with E-state index in [1.54, 1.807) is 12.3 Å². The van der Waals surface area contributed by atoms with Crippen LogP contribution in [0, 0.1) is 0 Å². The largest absolute Gasteiger partial charge is 0.361 e. The Morgan fingerprint density at radius 2 is 1.88 bits per heavy atom. The van der Waals surface area contributed by atoms with Crippen molar-refractivity contribution in [3.05, 3.63) is 48.2 Å². The van der Waals surface area contributed by atoms with E-state index < -0.39 is 0 Å². The van der Waals surface area contributed by atoms with Crippen LogP contribution in [0.25, 0.3) is 6.08 Å². The predicted octanol–water partition coefficient (Wildman–Crippen LogP) is 3.18. The number of nitrogens with one attached hydrogen (secondary N) is 1. The molecule has 26 heavy (non-hydrogen) atoms. The van der Waals surface area contributed by atoms with Crippen molar-refractivity contribution in [2.45, 2.75) is 19.3 Å². The molecule has 0 saturated carbocycles. The smallest absolute Gasteiger partial charge is 0.248 e. The first-order chi connectivity index (χ1) is 12.6. The van der Waals surface area contributed by atoms with Gasteiger partial charge in [-0.05, 0) is 30.9 Å². The van der Waals surface area contributed by atoms with Gasteiger partial charge in [0.2, 0.25) is 11.9 Å². The van der Waals surface area contributed by atoms with Gasteiger partial charge >= 0.3 is 0 Å². The molecule has 1 amide bonds. The summed E-state index contributed by atoms with van der Waals surface area (Å²) in [6.45, 7) is 1.97. The van der Waals surface area contributed by atoms with Gasteiger partial charge in [-0.3, -0.25) is 4.79 Å². The molecule has 0 atom stereocenters. The third-order valence-electron chi connectivity index (χ3n) is 4.30. The van der Waals surface area contributed by atoms with Gasteiger partial charge in [0.25, 0.3) is 0 Å². The molecule has 1 aromatic heterocycles. The van der Waals surface area contributed by atoms with E-state index in [4.69, 9.17) is 0 Å². The molecule has 2 heterocycles. The average molecular weight is 351 g/mol. The Kier molecular flexibility index (Phi) is 5.84. The van der Waals surface area contributed by atoms with Gasteiger partial charge in [-0.15, -0.1) is 0 Å². The maximum Gasteiger partial charge on any atom is 0.248 e. The van der Waals surface area contributed by atoms with E-state index in [1.165, 1.54) is 25.3 Å². The number of carbonyl (C=O) groups is 1. The molecule has 0 spiro atoms. The second kappa shape index (κ2) is 8.47.